The molecule has 0 saturated heterocycles. The van der Waals surface area contributed by atoms with Crippen LogP contribution in [0, 0.1) is 0 Å². The predicted octanol–water partition coefficient (Wildman–Crippen LogP) is 0.776. The molecule has 0 aromatic carbocycles. The van der Waals surface area contributed by atoms with Crippen molar-refractivity contribution in [3.8, 4) is 5.82 Å². The van der Waals surface area contributed by atoms with Gasteiger partial charge in [-0.15, -0.1) is 5.10 Å². The summed E-state index contributed by atoms with van der Waals surface area (Å²) in [5.41, 5.74) is 4.26. The van der Waals surface area contributed by atoms with Gasteiger partial charge in [-0.25, -0.2) is 14.6 Å². The van der Waals surface area contributed by atoms with Gasteiger partial charge >= 0.3 is 6.18 Å². The minimum absolute atomic E-state index is 0.207. The largest absolute Gasteiger partial charge is 0.420 e. The minimum Gasteiger partial charge on any atom is -0.409 e. The maximum Gasteiger partial charge on any atom is 0.420 e. The highest BCUT2D eigenvalue weighted by molar-refractivity contribution is 5.93. The zero-order valence-corrected chi connectivity index (χ0v) is 9.20. The summed E-state index contributed by atoms with van der Waals surface area (Å²) in [4.78, 5) is 7.23. The number of pyridine rings is 1. The van der Waals surface area contributed by atoms with Crippen molar-refractivity contribution in [2.24, 2.45) is 10.9 Å². The van der Waals surface area contributed by atoms with Crippen LogP contribution < -0.4 is 5.73 Å². The highest BCUT2D eigenvalue weighted by atomic mass is 19.4. The van der Waals surface area contributed by atoms with Gasteiger partial charge in [0.1, 0.15) is 11.9 Å². The molecular formula is C9H7F3N6O. The van der Waals surface area contributed by atoms with Gasteiger partial charge in [0.05, 0.1) is 0 Å². The van der Waals surface area contributed by atoms with Gasteiger partial charge in [-0.05, 0) is 12.1 Å². The van der Waals surface area contributed by atoms with Gasteiger partial charge < -0.3 is 10.9 Å². The van der Waals surface area contributed by atoms with E-state index in [9.17, 15) is 13.2 Å². The topological polar surface area (TPSA) is 102 Å². The number of hydrogen-bond donors (Lipinski definition) is 2. The molecule has 2 aromatic heterocycles. The number of hydrogen-bond acceptors (Lipinski definition) is 5. The van der Waals surface area contributed by atoms with Crippen molar-refractivity contribution >= 4 is 5.84 Å². The summed E-state index contributed by atoms with van der Waals surface area (Å²) < 4.78 is 39.1. The molecule has 0 saturated carbocycles. The number of oxime groups is 1. The standard InChI is InChI=1S/C9H7F3N6O/c10-9(11,12)5-2-1-3-14-8(5)18-4-15-7(16-18)6(13)17-19/h1-4,19H,(H2,13,17). The molecule has 2 aromatic rings. The highest BCUT2D eigenvalue weighted by Gasteiger charge is 2.35. The molecule has 100 valence electrons. The summed E-state index contributed by atoms with van der Waals surface area (Å²) in [7, 11) is 0. The molecule has 0 unspecified atom stereocenters. The Morgan fingerprint density at radius 3 is 2.74 bits per heavy atom. The summed E-state index contributed by atoms with van der Waals surface area (Å²) in [6.45, 7) is 0. The van der Waals surface area contributed by atoms with Crippen LogP contribution in [0.15, 0.2) is 29.8 Å². The monoisotopic (exact) mass is 272 g/mol. The summed E-state index contributed by atoms with van der Waals surface area (Å²) in [6.07, 6.45) is -2.40. The Balaban J connectivity index is 2.51. The van der Waals surface area contributed by atoms with Crippen LogP contribution in [-0.2, 0) is 6.18 Å². The summed E-state index contributed by atoms with van der Waals surface area (Å²) in [5, 5.41) is 14.7. The smallest absolute Gasteiger partial charge is 0.409 e. The van der Waals surface area contributed by atoms with Crippen molar-refractivity contribution in [2.45, 2.75) is 6.18 Å². The molecular weight excluding hydrogens is 265 g/mol. The number of amidine groups is 1. The molecule has 0 spiro atoms. The van der Waals surface area contributed by atoms with E-state index in [2.05, 4.69) is 20.2 Å². The maximum absolute atomic E-state index is 12.8. The first-order valence-corrected chi connectivity index (χ1v) is 4.85. The third-order valence-corrected chi connectivity index (χ3v) is 2.14. The number of aromatic nitrogens is 4. The fraction of sp³-hybridized carbons (Fsp3) is 0.111. The molecule has 0 amide bonds. The lowest BCUT2D eigenvalue weighted by Gasteiger charge is -2.10. The van der Waals surface area contributed by atoms with E-state index in [1.807, 2.05) is 0 Å². The van der Waals surface area contributed by atoms with Crippen molar-refractivity contribution in [1.29, 1.82) is 0 Å². The zero-order valence-electron chi connectivity index (χ0n) is 9.20. The quantitative estimate of drug-likeness (QED) is 0.364. The third-order valence-electron chi connectivity index (χ3n) is 2.14. The van der Waals surface area contributed by atoms with Crippen LogP contribution in [0.25, 0.3) is 5.82 Å². The lowest BCUT2D eigenvalue weighted by atomic mass is 10.2. The van der Waals surface area contributed by atoms with Gasteiger partial charge in [0.2, 0.25) is 11.7 Å². The Morgan fingerprint density at radius 2 is 2.11 bits per heavy atom. The van der Waals surface area contributed by atoms with Gasteiger partial charge in [0, 0.05) is 6.20 Å². The van der Waals surface area contributed by atoms with Crippen LogP contribution >= 0.6 is 0 Å². The average molecular weight is 272 g/mol. The molecule has 0 aliphatic heterocycles. The van der Waals surface area contributed by atoms with E-state index in [-0.39, 0.29) is 5.82 Å². The van der Waals surface area contributed by atoms with Crippen molar-refractivity contribution in [2.75, 3.05) is 0 Å². The van der Waals surface area contributed by atoms with Gasteiger partial charge in [-0.3, -0.25) is 0 Å². The summed E-state index contributed by atoms with van der Waals surface area (Å²) >= 11 is 0. The maximum atomic E-state index is 12.8. The first-order valence-electron chi connectivity index (χ1n) is 4.85. The molecule has 0 fully saturated rings. The second-order valence-corrected chi connectivity index (χ2v) is 3.37. The third kappa shape index (κ3) is 2.46. The number of rotatable bonds is 2. The number of halogens is 3. The Hall–Kier alpha value is -2.65. The normalized spacial score (nSPS) is 12.7. The lowest BCUT2D eigenvalue weighted by Crippen LogP contribution is -2.16. The summed E-state index contributed by atoms with van der Waals surface area (Å²) in [6, 6.07) is 2.03. The Kier molecular flexibility index (Phi) is 3.07. The van der Waals surface area contributed by atoms with E-state index in [0.717, 1.165) is 23.1 Å². The van der Waals surface area contributed by atoms with E-state index >= 15 is 0 Å². The van der Waals surface area contributed by atoms with E-state index in [4.69, 9.17) is 10.9 Å². The van der Waals surface area contributed by atoms with Crippen LogP contribution in [-0.4, -0.2) is 30.8 Å². The van der Waals surface area contributed by atoms with E-state index < -0.39 is 23.4 Å². The zero-order chi connectivity index (χ0) is 14.0. The van der Waals surface area contributed by atoms with E-state index in [0.29, 0.717) is 0 Å². The number of alkyl halides is 3. The van der Waals surface area contributed by atoms with Crippen molar-refractivity contribution in [3.63, 3.8) is 0 Å². The van der Waals surface area contributed by atoms with Crippen LogP contribution in [0.1, 0.15) is 11.4 Å². The minimum atomic E-state index is -4.58. The van der Waals surface area contributed by atoms with Crippen molar-refractivity contribution in [1.82, 2.24) is 19.7 Å². The molecule has 0 aliphatic carbocycles. The first-order chi connectivity index (χ1) is 8.93. The lowest BCUT2D eigenvalue weighted by molar-refractivity contribution is -0.137. The second kappa shape index (κ2) is 4.55. The van der Waals surface area contributed by atoms with Crippen molar-refractivity contribution < 1.29 is 18.4 Å². The number of nitrogens with two attached hydrogens (primary N) is 1. The van der Waals surface area contributed by atoms with Gasteiger partial charge in [-0.1, -0.05) is 5.16 Å². The number of nitrogens with zero attached hydrogens (tertiary/aromatic N) is 5. The molecule has 0 aliphatic rings. The Labute approximate surface area is 104 Å². The molecule has 10 heteroatoms. The van der Waals surface area contributed by atoms with Crippen molar-refractivity contribution in [3.05, 3.63) is 36.0 Å². The molecule has 2 rings (SSSR count). The Morgan fingerprint density at radius 1 is 1.37 bits per heavy atom. The SMILES string of the molecule is NC(=NO)c1ncn(-c2ncccc2C(F)(F)F)n1. The molecule has 0 radical (unpaired) electrons. The van der Waals surface area contributed by atoms with E-state index in [1.165, 1.54) is 6.20 Å². The fourth-order valence-corrected chi connectivity index (χ4v) is 1.33. The second-order valence-electron chi connectivity index (χ2n) is 3.37. The van der Waals surface area contributed by atoms with Crippen LogP contribution in [0.3, 0.4) is 0 Å². The summed E-state index contributed by atoms with van der Waals surface area (Å²) in [5.74, 6) is -1.07. The molecule has 7 nitrogen and oxygen atoms in total. The van der Waals surface area contributed by atoms with Gasteiger partial charge in [0.25, 0.3) is 0 Å². The van der Waals surface area contributed by atoms with E-state index in [1.54, 1.807) is 0 Å². The van der Waals surface area contributed by atoms with Gasteiger partial charge in [0.15, 0.2) is 5.82 Å². The Bertz CT molecular complexity index is 620. The van der Waals surface area contributed by atoms with Crippen LogP contribution in [0.4, 0.5) is 13.2 Å². The molecule has 2 heterocycles. The first kappa shape index (κ1) is 12.8. The van der Waals surface area contributed by atoms with Crippen LogP contribution in [0.2, 0.25) is 0 Å². The molecule has 3 N–H and O–H groups in total. The highest BCUT2D eigenvalue weighted by Crippen LogP contribution is 2.32. The van der Waals surface area contributed by atoms with Gasteiger partial charge in [-0.2, -0.15) is 13.2 Å². The predicted molar refractivity (Wildman–Crippen MR) is 56.7 cm³/mol. The molecule has 0 bridgehead atoms. The fourth-order valence-electron chi connectivity index (χ4n) is 1.33. The average Bonchev–Trinajstić information content (AvgIpc) is 2.86. The van der Waals surface area contributed by atoms with Crippen LogP contribution in [0.5, 0.6) is 0 Å². The molecule has 0 atom stereocenters. The molecule has 19 heavy (non-hydrogen) atoms.